The van der Waals surface area contributed by atoms with E-state index in [-0.39, 0.29) is 0 Å². The standard InChI is InChI=1S/C12H20N4/c1-8(2)16-7-14-15-12(16)11-10-5-3-4-9(10)6-13-11/h7-11,13H,3-6H2,1-2H3. The Kier molecular flexibility index (Phi) is 2.46. The molecule has 88 valence electrons. The lowest BCUT2D eigenvalue weighted by Crippen LogP contribution is -2.22. The van der Waals surface area contributed by atoms with Crippen LogP contribution in [-0.2, 0) is 0 Å². The van der Waals surface area contributed by atoms with Crippen LogP contribution in [0.3, 0.4) is 0 Å². The molecule has 0 aromatic carbocycles. The summed E-state index contributed by atoms with van der Waals surface area (Å²) in [5, 5.41) is 12.0. The highest BCUT2D eigenvalue weighted by Gasteiger charge is 2.41. The minimum absolute atomic E-state index is 0.442. The lowest BCUT2D eigenvalue weighted by molar-refractivity contribution is 0.388. The van der Waals surface area contributed by atoms with Crippen molar-refractivity contribution in [2.45, 2.75) is 45.2 Å². The van der Waals surface area contributed by atoms with Crippen LogP contribution in [-0.4, -0.2) is 21.3 Å². The van der Waals surface area contributed by atoms with Gasteiger partial charge in [0.1, 0.15) is 6.33 Å². The number of aromatic nitrogens is 3. The highest BCUT2D eigenvalue weighted by molar-refractivity contribution is 5.06. The second-order valence-corrected chi connectivity index (χ2v) is 5.43. The summed E-state index contributed by atoms with van der Waals surface area (Å²) in [4.78, 5) is 0. The SMILES string of the molecule is CC(C)n1cnnc1C1NCC2CCCC21. The van der Waals surface area contributed by atoms with Gasteiger partial charge in [0.15, 0.2) is 5.82 Å². The summed E-state index contributed by atoms with van der Waals surface area (Å²) >= 11 is 0. The molecule has 1 saturated heterocycles. The molecule has 2 aliphatic rings. The molecule has 1 aliphatic carbocycles. The molecular formula is C12H20N4. The minimum Gasteiger partial charge on any atom is -0.314 e. The van der Waals surface area contributed by atoms with E-state index in [1.165, 1.54) is 25.8 Å². The third-order valence-corrected chi connectivity index (χ3v) is 4.18. The second kappa shape index (κ2) is 3.84. The van der Waals surface area contributed by atoms with E-state index >= 15 is 0 Å². The largest absolute Gasteiger partial charge is 0.314 e. The van der Waals surface area contributed by atoms with Crippen LogP contribution in [0, 0.1) is 11.8 Å². The molecule has 0 bridgehead atoms. The van der Waals surface area contributed by atoms with E-state index in [1.807, 2.05) is 6.33 Å². The van der Waals surface area contributed by atoms with E-state index in [0.29, 0.717) is 12.1 Å². The predicted molar refractivity (Wildman–Crippen MR) is 62.0 cm³/mol. The zero-order valence-corrected chi connectivity index (χ0v) is 10.1. The van der Waals surface area contributed by atoms with Crippen LogP contribution in [0.1, 0.15) is 51.0 Å². The van der Waals surface area contributed by atoms with Crippen molar-refractivity contribution in [3.63, 3.8) is 0 Å². The van der Waals surface area contributed by atoms with Gasteiger partial charge in [-0.05, 0) is 45.1 Å². The van der Waals surface area contributed by atoms with Crippen molar-refractivity contribution in [3.05, 3.63) is 12.2 Å². The van der Waals surface area contributed by atoms with Crippen LogP contribution in [0.15, 0.2) is 6.33 Å². The van der Waals surface area contributed by atoms with E-state index in [9.17, 15) is 0 Å². The molecule has 1 aromatic rings. The number of nitrogens with one attached hydrogen (secondary N) is 1. The summed E-state index contributed by atoms with van der Waals surface area (Å²) in [7, 11) is 0. The van der Waals surface area contributed by atoms with Crippen molar-refractivity contribution in [1.29, 1.82) is 0 Å². The average Bonchev–Trinajstić information content (AvgIpc) is 2.92. The summed E-state index contributed by atoms with van der Waals surface area (Å²) < 4.78 is 2.21. The Morgan fingerprint density at radius 2 is 2.31 bits per heavy atom. The van der Waals surface area contributed by atoms with Crippen molar-refractivity contribution in [2.75, 3.05) is 6.54 Å². The zero-order chi connectivity index (χ0) is 11.1. The van der Waals surface area contributed by atoms with Gasteiger partial charge >= 0.3 is 0 Å². The summed E-state index contributed by atoms with van der Waals surface area (Å²) in [6, 6.07) is 0.893. The molecule has 16 heavy (non-hydrogen) atoms. The van der Waals surface area contributed by atoms with Gasteiger partial charge in [-0.25, -0.2) is 0 Å². The lowest BCUT2D eigenvalue weighted by Gasteiger charge is -2.20. The molecule has 4 nitrogen and oxygen atoms in total. The van der Waals surface area contributed by atoms with Gasteiger partial charge in [-0.15, -0.1) is 10.2 Å². The van der Waals surface area contributed by atoms with Gasteiger partial charge in [0, 0.05) is 6.04 Å². The number of rotatable bonds is 2. The van der Waals surface area contributed by atoms with Crippen LogP contribution in [0.5, 0.6) is 0 Å². The third kappa shape index (κ3) is 1.47. The zero-order valence-electron chi connectivity index (χ0n) is 10.1. The Labute approximate surface area is 96.4 Å². The molecule has 3 rings (SSSR count). The Balaban J connectivity index is 1.89. The fourth-order valence-corrected chi connectivity index (χ4v) is 3.34. The summed E-state index contributed by atoms with van der Waals surface area (Å²) in [6.45, 7) is 5.54. The molecule has 4 heteroatoms. The monoisotopic (exact) mass is 220 g/mol. The van der Waals surface area contributed by atoms with Gasteiger partial charge in [-0.1, -0.05) is 6.42 Å². The van der Waals surface area contributed by atoms with E-state index < -0.39 is 0 Å². The quantitative estimate of drug-likeness (QED) is 0.828. The lowest BCUT2D eigenvalue weighted by atomic mass is 9.93. The van der Waals surface area contributed by atoms with Crippen LogP contribution in [0.4, 0.5) is 0 Å². The number of nitrogens with zero attached hydrogens (tertiary/aromatic N) is 3. The van der Waals surface area contributed by atoms with Crippen LogP contribution >= 0.6 is 0 Å². The molecule has 1 aromatic heterocycles. The van der Waals surface area contributed by atoms with Crippen molar-refractivity contribution >= 4 is 0 Å². The van der Waals surface area contributed by atoms with Gasteiger partial charge in [-0.3, -0.25) is 0 Å². The Bertz CT molecular complexity index is 371. The predicted octanol–water partition coefficient (Wildman–Crippen LogP) is 1.92. The molecule has 3 atom stereocenters. The summed E-state index contributed by atoms with van der Waals surface area (Å²) in [5.41, 5.74) is 0. The van der Waals surface area contributed by atoms with Crippen LogP contribution in [0.25, 0.3) is 0 Å². The molecule has 1 saturated carbocycles. The first-order valence-corrected chi connectivity index (χ1v) is 6.40. The second-order valence-electron chi connectivity index (χ2n) is 5.43. The fraction of sp³-hybridized carbons (Fsp3) is 0.833. The highest BCUT2D eigenvalue weighted by Crippen LogP contribution is 2.43. The normalized spacial score (nSPS) is 33.6. The first-order valence-electron chi connectivity index (χ1n) is 6.40. The summed E-state index contributed by atoms with van der Waals surface area (Å²) in [6.07, 6.45) is 6.00. The average molecular weight is 220 g/mol. The molecule has 3 unspecified atom stereocenters. The van der Waals surface area contributed by atoms with E-state index in [1.54, 1.807) is 0 Å². The number of fused-ring (bicyclic) bond motifs is 1. The molecular weight excluding hydrogens is 200 g/mol. The molecule has 1 aliphatic heterocycles. The van der Waals surface area contributed by atoms with Gasteiger partial charge in [-0.2, -0.15) is 0 Å². The van der Waals surface area contributed by atoms with Gasteiger partial charge in [0.2, 0.25) is 0 Å². The molecule has 2 fully saturated rings. The molecule has 0 radical (unpaired) electrons. The first kappa shape index (κ1) is 10.3. The van der Waals surface area contributed by atoms with Crippen molar-refractivity contribution in [3.8, 4) is 0 Å². The Hall–Kier alpha value is -0.900. The van der Waals surface area contributed by atoms with Crippen molar-refractivity contribution in [1.82, 2.24) is 20.1 Å². The highest BCUT2D eigenvalue weighted by atomic mass is 15.3. The smallest absolute Gasteiger partial charge is 0.150 e. The van der Waals surface area contributed by atoms with Gasteiger partial charge < -0.3 is 9.88 Å². The first-order chi connectivity index (χ1) is 7.77. The summed E-state index contributed by atoms with van der Waals surface area (Å²) in [5.74, 6) is 2.81. The van der Waals surface area contributed by atoms with E-state index in [4.69, 9.17) is 0 Å². The van der Waals surface area contributed by atoms with Crippen molar-refractivity contribution < 1.29 is 0 Å². The maximum Gasteiger partial charge on any atom is 0.150 e. The number of hydrogen-bond donors (Lipinski definition) is 1. The molecule has 0 amide bonds. The van der Waals surface area contributed by atoms with Gasteiger partial charge in [0.25, 0.3) is 0 Å². The fourth-order valence-electron chi connectivity index (χ4n) is 3.34. The Morgan fingerprint density at radius 3 is 3.12 bits per heavy atom. The molecule has 0 spiro atoms. The topological polar surface area (TPSA) is 42.7 Å². The van der Waals surface area contributed by atoms with Crippen LogP contribution in [0.2, 0.25) is 0 Å². The van der Waals surface area contributed by atoms with E-state index in [2.05, 4.69) is 33.9 Å². The molecule has 1 N–H and O–H groups in total. The number of hydrogen-bond acceptors (Lipinski definition) is 3. The van der Waals surface area contributed by atoms with E-state index in [0.717, 1.165) is 17.7 Å². The van der Waals surface area contributed by atoms with Crippen molar-refractivity contribution in [2.24, 2.45) is 11.8 Å². The maximum absolute atomic E-state index is 4.33. The molecule has 2 heterocycles. The Morgan fingerprint density at radius 1 is 1.44 bits per heavy atom. The van der Waals surface area contributed by atoms with Crippen LogP contribution < -0.4 is 5.32 Å². The third-order valence-electron chi connectivity index (χ3n) is 4.18. The van der Waals surface area contributed by atoms with Gasteiger partial charge in [0.05, 0.1) is 6.04 Å². The minimum atomic E-state index is 0.442. The maximum atomic E-state index is 4.33.